The lowest BCUT2D eigenvalue weighted by Gasteiger charge is -2.33. The number of anilines is 1. The second-order valence-electron chi connectivity index (χ2n) is 8.58. The van der Waals surface area contributed by atoms with Crippen LogP contribution in [0.15, 0.2) is 47.3 Å². The van der Waals surface area contributed by atoms with Gasteiger partial charge in [-0.1, -0.05) is 18.6 Å². The third kappa shape index (κ3) is 4.93. The number of furan rings is 1. The molecule has 2 aliphatic heterocycles. The van der Waals surface area contributed by atoms with E-state index in [9.17, 15) is 9.59 Å². The van der Waals surface area contributed by atoms with Crippen molar-refractivity contribution >= 4 is 17.5 Å². The minimum Gasteiger partial charge on any atom is -0.472 e. The first-order valence-corrected chi connectivity index (χ1v) is 11.1. The first-order chi connectivity index (χ1) is 14.6. The van der Waals surface area contributed by atoms with Crippen LogP contribution in [0.1, 0.15) is 54.9 Å². The smallest absolute Gasteiger partial charge is 0.257 e. The number of benzene rings is 1. The van der Waals surface area contributed by atoms with E-state index in [0.717, 1.165) is 12.2 Å². The Balaban J connectivity index is 1.25. The van der Waals surface area contributed by atoms with Gasteiger partial charge >= 0.3 is 0 Å². The Labute approximate surface area is 178 Å². The fourth-order valence-electron chi connectivity index (χ4n) is 4.48. The van der Waals surface area contributed by atoms with Crippen LogP contribution in [0.4, 0.5) is 5.69 Å². The molecule has 0 saturated carbocycles. The van der Waals surface area contributed by atoms with Gasteiger partial charge in [0.1, 0.15) is 6.26 Å². The number of carbonyl (C=O) groups excluding carboxylic acids is 2. The van der Waals surface area contributed by atoms with Crippen molar-refractivity contribution in [1.29, 1.82) is 0 Å². The summed E-state index contributed by atoms with van der Waals surface area (Å²) in [5, 5.41) is 3.05. The van der Waals surface area contributed by atoms with E-state index < -0.39 is 0 Å². The highest BCUT2D eigenvalue weighted by atomic mass is 16.3. The molecular weight excluding hydrogens is 378 g/mol. The van der Waals surface area contributed by atoms with Crippen LogP contribution < -0.4 is 5.32 Å². The molecule has 4 rings (SSSR count). The number of hydrogen-bond donors (Lipinski definition) is 1. The first kappa shape index (κ1) is 20.7. The molecule has 30 heavy (non-hydrogen) atoms. The summed E-state index contributed by atoms with van der Waals surface area (Å²) in [7, 11) is 0. The Morgan fingerprint density at radius 1 is 1.03 bits per heavy atom. The fraction of sp³-hybridized carbons (Fsp3) is 0.500. The standard InChI is InChI=1S/C24H31N3O3/c1-18-4-2-3-12-27(18)16-19-5-7-22(8-6-19)25-23(28)20-9-13-26(14-10-20)24(29)21-11-15-30-17-21/h5-8,11,15,17-18,20H,2-4,9-10,12-14,16H2,1H3,(H,25,28). The van der Waals surface area contributed by atoms with Gasteiger partial charge < -0.3 is 14.6 Å². The van der Waals surface area contributed by atoms with Crippen LogP contribution in [0.25, 0.3) is 0 Å². The van der Waals surface area contributed by atoms with Gasteiger partial charge in [0.15, 0.2) is 0 Å². The molecule has 2 saturated heterocycles. The van der Waals surface area contributed by atoms with Gasteiger partial charge in [-0.3, -0.25) is 14.5 Å². The Kier molecular flexibility index (Phi) is 6.53. The highest BCUT2D eigenvalue weighted by molar-refractivity contribution is 5.95. The van der Waals surface area contributed by atoms with Crippen LogP contribution in [0.5, 0.6) is 0 Å². The quantitative estimate of drug-likeness (QED) is 0.806. The Bertz CT molecular complexity index is 839. The first-order valence-electron chi connectivity index (χ1n) is 11.1. The Morgan fingerprint density at radius 2 is 1.80 bits per heavy atom. The van der Waals surface area contributed by atoms with Crippen LogP contribution in [0.2, 0.25) is 0 Å². The maximum atomic E-state index is 12.7. The lowest BCUT2D eigenvalue weighted by Crippen LogP contribution is -2.41. The molecule has 0 bridgehead atoms. The normalized spacial score (nSPS) is 20.8. The number of rotatable bonds is 5. The van der Waals surface area contributed by atoms with Gasteiger partial charge in [0.2, 0.25) is 5.91 Å². The second-order valence-corrected chi connectivity index (χ2v) is 8.58. The van der Waals surface area contributed by atoms with Gasteiger partial charge in [-0.05, 0) is 62.9 Å². The molecule has 0 spiro atoms. The van der Waals surface area contributed by atoms with E-state index in [0.29, 0.717) is 37.5 Å². The highest BCUT2D eigenvalue weighted by Gasteiger charge is 2.28. The monoisotopic (exact) mass is 409 g/mol. The minimum atomic E-state index is -0.0627. The van der Waals surface area contributed by atoms with E-state index in [-0.39, 0.29) is 17.7 Å². The molecule has 6 heteroatoms. The largest absolute Gasteiger partial charge is 0.472 e. The average molecular weight is 410 g/mol. The predicted molar refractivity (Wildman–Crippen MR) is 116 cm³/mol. The van der Waals surface area contributed by atoms with E-state index in [2.05, 4.69) is 29.3 Å². The summed E-state index contributed by atoms with van der Waals surface area (Å²) in [5.41, 5.74) is 2.69. The molecule has 1 N–H and O–H groups in total. The zero-order valence-electron chi connectivity index (χ0n) is 17.7. The summed E-state index contributed by atoms with van der Waals surface area (Å²) in [6.45, 7) is 5.63. The number of piperidine rings is 2. The predicted octanol–water partition coefficient (Wildman–Crippen LogP) is 4.14. The third-order valence-electron chi connectivity index (χ3n) is 6.47. The maximum Gasteiger partial charge on any atom is 0.257 e. The van der Waals surface area contributed by atoms with Crippen molar-refractivity contribution in [2.75, 3.05) is 25.0 Å². The molecule has 2 fully saturated rings. The van der Waals surface area contributed by atoms with Gasteiger partial charge in [0.05, 0.1) is 11.8 Å². The molecule has 2 aliphatic rings. The summed E-state index contributed by atoms with van der Waals surface area (Å²) < 4.78 is 4.99. The van der Waals surface area contributed by atoms with Crippen LogP contribution in [0.3, 0.4) is 0 Å². The molecule has 6 nitrogen and oxygen atoms in total. The molecule has 2 amide bonds. The van der Waals surface area contributed by atoms with E-state index in [1.165, 1.54) is 43.9 Å². The molecular formula is C24H31N3O3. The summed E-state index contributed by atoms with van der Waals surface area (Å²) in [4.78, 5) is 29.4. The Hall–Kier alpha value is -2.60. The van der Waals surface area contributed by atoms with Crippen molar-refractivity contribution in [3.8, 4) is 0 Å². The number of amides is 2. The third-order valence-corrected chi connectivity index (χ3v) is 6.47. The van der Waals surface area contributed by atoms with Crippen molar-refractivity contribution in [1.82, 2.24) is 9.80 Å². The highest BCUT2D eigenvalue weighted by Crippen LogP contribution is 2.23. The second kappa shape index (κ2) is 9.47. The number of hydrogen-bond acceptors (Lipinski definition) is 4. The number of likely N-dealkylation sites (tertiary alicyclic amines) is 2. The number of nitrogens with zero attached hydrogens (tertiary/aromatic N) is 2. The zero-order valence-corrected chi connectivity index (χ0v) is 17.7. The van der Waals surface area contributed by atoms with Gasteiger partial charge in [0, 0.05) is 37.3 Å². The topological polar surface area (TPSA) is 65.8 Å². The lowest BCUT2D eigenvalue weighted by atomic mass is 9.95. The van der Waals surface area contributed by atoms with Gasteiger partial charge in [-0.15, -0.1) is 0 Å². The molecule has 1 unspecified atom stereocenters. The minimum absolute atomic E-state index is 0.0266. The fourth-order valence-corrected chi connectivity index (χ4v) is 4.48. The van der Waals surface area contributed by atoms with Crippen LogP contribution in [-0.2, 0) is 11.3 Å². The van der Waals surface area contributed by atoms with Gasteiger partial charge in [-0.2, -0.15) is 0 Å². The Morgan fingerprint density at radius 3 is 2.47 bits per heavy atom. The molecule has 1 atom stereocenters. The van der Waals surface area contributed by atoms with E-state index in [4.69, 9.17) is 4.42 Å². The van der Waals surface area contributed by atoms with E-state index >= 15 is 0 Å². The number of nitrogens with one attached hydrogen (secondary N) is 1. The van der Waals surface area contributed by atoms with E-state index in [1.807, 2.05) is 12.1 Å². The van der Waals surface area contributed by atoms with Crippen LogP contribution in [-0.4, -0.2) is 47.3 Å². The maximum absolute atomic E-state index is 12.7. The molecule has 1 aromatic heterocycles. The van der Waals surface area contributed by atoms with Crippen molar-refractivity contribution in [2.24, 2.45) is 5.92 Å². The molecule has 0 aliphatic carbocycles. The van der Waals surface area contributed by atoms with Crippen LogP contribution >= 0.6 is 0 Å². The van der Waals surface area contributed by atoms with E-state index in [1.54, 1.807) is 11.0 Å². The van der Waals surface area contributed by atoms with Crippen molar-refractivity contribution in [2.45, 2.75) is 51.6 Å². The summed E-state index contributed by atoms with van der Waals surface area (Å²) in [6.07, 6.45) is 8.23. The van der Waals surface area contributed by atoms with Crippen molar-refractivity contribution < 1.29 is 14.0 Å². The lowest BCUT2D eigenvalue weighted by molar-refractivity contribution is -0.121. The molecule has 3 heterocycles. The summed E-state index contributed by atoms with van der Waals surface area (Å²) in [6, 6.07) is 10.5. The molecule has 1 aromatic carbocycles. The molecule has 2 aromatic rings. The summed E-state index contributed by atoms with van der Waals surface area (Å²) in [5.74, 6) is -0.0451. The van der Waals surface area contributed by atoms with Gasteiger partial charge in [-0.25, -0.2) is 0 Å². The van der Waals surface area contributed by atoms with Crippen molar-refractivity contribution in [3.63, 3.8) is 0 Å². The molecule has 160 valence electrons. The van der Waals surface area contributed by atoms with Crippen LogP contribution in [0, 0.1) is 5.92 Å². The molecule has 0 radical (unpaired) electrons. The average Bonchev–Trinajstić information content (AvgIpc) is 3.31. The number of carbonyl (C=O) groups is 2. The zero-order chi connectivity index (χ0) is 20.9. The van der Waals surface area contributed by atoms with Gasteiger partial charge in [0.25, 0.3) is 5.91 Å². The SMILES string of the molecule is CC1CCCCN1Cc1ccc(NC(=O)C2CCN(C(=O)c3ccoc3)CC2)cc1. The summed E-state index contributed by atoms with van der Waals surface area (Å²) >= 11 is 0. The van der Waals surface area contributed by atoms with Crippen molar-refractivity contribution in [3.05, 3.63) is 54.0 Å².